The molecule has 0 spiro atoms. The van der Waals surface area contributed by atoms with Crippen molar-refractivity contribution in [3.8, 4) is 0 Å². The highest BCUT2D eigenvalue weighted by molar-refractivity contribution is 7.47. The number of hydrogen-bond donors (Lipinski definition) is 3. The summed E-state index contributed by atoms with van der Waals surface area (Å²) in [5.41, 5.74) is 0. The van der Waals surface area contributed by atoms with Crippen LogP contribution in [-0.4, -0.2) is 96.7 Å². The number of esters is 4. The molecule has 3 N–H and O–H groups in total. The third-order valence-corrected chi connectivity index (χ3v) is 18.5. The van der Waals surface area contributed by atoms with E-state index in [2.05, 4.69) is 41.5 Å². The summed E-state index contributed by atoms with van der Waals surface area (Å²) in [6, 6.07) is 0. The van der Waals surface area contributed by atoms with Gasteiger partial charge in [0.1, 0.15) is 19.3 Å². The van der Waals surface area contributed by atoms with Crippen molar-refractivity contribution in [1.82, 2.24) is 0 Å². The summed E-state index contributed by atoms with van der Waals surface area (Å²) in [5, 5.41) is 10.6. The van der Waals surface area contributed by atoms with Gasteiger partial charge in [0.25, 0.3) is 0 Å². The van der Waals surface area contributed by atoms with Crippen LogP contribution in [-0.2, 0) is 65.4 Å². The molecule has 19 heteroatoms. The standard InChI is InChI=1S/C70H136O17P2/c1-7-10-12-14-16-18-24-28-36-42-48-54-69(74)86-65(58-80-67(72)52-46-40-34-17-15-13-11-8-2)60-84-88(76,77)82-56-64(71)57-83-89(78,79)85-61-66(59-81-68(73)53-47-41-35-31-30-33-39-45-51-63(6)9-3)87-70(75)55-49-43-37-29-26-23-21-19-20-22-25-27-32-38-44-50-62(4)5/h62-66,71H,7-61H2,1-6H3,(H,76,77)(H,78,79)/t63?,64-,65+,66+/m0/s1. The van der Waals surface area contributed by atoms with E-state index >= 15 is 0 Å². The molecule has 0 aliphatic heterocycles. The van der Waals surface area contributed by atoms with Gasteiger partial charge in [-0.25, -0.2) is 9.13 Å². The van der Waals surface area contributed by atoms with Crippen molar-refractivity contribution < 1.29 is 80.2 Å². The molecule has 3 unspecified atom stereocenters. The molecule has 528 valence electrons. The highest BCUT2D eigenvalue weighted by Crippen LogP contribution is 2.45. The molecule has 0 rings (SSSR count). The average Bonchev–Trinajstić information content (AvgIpc) is 3.72. The van der Waals surface area contributed by atoms with E-state index in [9.17, 15) is 43.2 Å². The lowest BCUT2D eigenvalue weighted by Gasteiger charge is -2.21. The van der Waals surface area contributed by atoms with Gasteiger partial charge in [-0.3, -0.25) is 37.3 Å². The number of carbonyl (C=O) groups excluding carboxylic acids is 4. The number of ether oxygens (including phenoxy) is 4. The second-order valence-corrected chi connectivity index (χ2v) is 28.9. The monoisotopic (exact) mass is 1310 g/mol. The minimum atomic E-state index is -4.95. The molecule has 0 fully saturated rings. The summed E-state index contributed by atoms with van der Waals surface area (Å²) in [4.78, 5) is 72.4. The van der Waals surface area contributed by atoms with Crippen molar-refractivity contribution in [2.45, 2.75) is 374 Å². The smallest absolute Gasteiger partial charge is 0.462 e. The SMILES string of the molecule is CCCCCCCCCCCCCC(=O)O[C@H](COC(=O)CCCCCCCCCC)COP(=O)(O)OC[C@H](O)COP(=O)(O)OC[C@@H](COC(=O)CCCCCCCCCCC(C)CC)OC(=O)CCCCCCCCCCCCCCCCCC(C)C. The van der Waals surface area contributed by atoms with E-state index in [-0.39, 0.29) is 25.7 Å². The lowest BCUT2D eigenvalue weighted by molar-refractivity contribution is -0.161. The summed E-state index contributed by atoms with van der Waals surface area (Å²) in [6.45, 7) is 9.55. The molecule has 0 radical (unpaired) electrons. The Hall–Kier alpha value is -1.94. The molecule has 0 aliphatic rings. The Morgan fingerprint density at radius 2 is 0.573 bits per heavy atom. The zero-order chi connectivity index (χ0) is 65.7. The second kappa shape index (κ2) is 62.2. The van der Waals surface area contributed by atoms with Gasteiger partial charge in [-0.15, -0.1) is 0 Å². The maximum atomic E-state index is 13.0. The molecule has 0 aromatic carbocycles. The molecule has 6 atom stereocenters. The van der Waals surface area contributed by atoms with E-state index in [1.807, 2.05) is 0 Å². The average molecular weight is 1310 g/mol. The molecule has 89 heavy (non-hydrogen) atoms. The van der Waals surface area contributed by atoms with Crippen LogP contribution in [0.1, 0.15) is 356 Å². The van der Waals surface area contributed by atoms with Gasteiger partial charge in [0.15, 0.2) is 12.2 Å². The van der Waals surface area contributed by atoms with Gasteiger partial charge in [-0.1, -0.05) is 305 Å². The van der Waals surface area contributed by atoms with Gasteiger partial charge < -0.3 is 33.8 Å². The van der Waals surface area contributed by atoms with E-state index in [4.69, 9.17) is 37.0 Å². The highest BCUT2D eigenvalue weighted by atomic mass is 31.2. The third kappa shape index (κ3) is 63.2. The zero-order valence-electron chi connectivity index (χ0n) is 57.7. The molecule has 0 saturated heterocycles. The number of aliphatic hydroxyl groups is 1. The first-order valence-corrected chi connectivity index (χ1v) is 39.5. The predicted molar refractivity (Wildman–Crippen MR) is 358 cm³/mol. The number of aliphatic hydroxyl groups excluding tert-OH is 1. The minimum Gasteiger partial charge on any atom is -0.462 e. The van der Waals surface area contributed by atoms with Crippen LogP contribution in [0.25, 0.3) is 0 Å². The summed E-state index contributed by atoms with van der Waals surface area (Å²) >= 11 is 0. The molecule has 0 aromatic heterocycles. The van der Waals surface area contributed by atoms with Crippen molar-refractivity contribution in [3.05, 3.63) is 0 Å². The quantitative estimate of drug-likeness (QED) is 0.0222. The lowest BCUT2D eigenvalue weighted by atomic mass is 9.99. The Labute approximate surface area is 543 Å². The van der Waals surface area contributed by atoms with E-state index in [0.29, 0.717) is 25.7 Å². The molecule has 17 nitrogen and oxygen atoms in total. The van der Waals surface area contributed by atoms with E-state index in [0.717, 1.165) is 108 Å². The van der Waals surface area contributed by atoms with Crippen LogP contribution in [0.3, 0.4) is 0 Å². The number of carbonyl (C=O) groups is 4. The second-order valence-electron chi connectivity index (χ2n) is 26.0. The summed E-state index contributed by atoms with van der Waals surface area (Å²) in [5.74, 6) is -0.546. The van der Waals surface area contributed by atoms with Crippen LogP contribution >= 0.6 is 15.6 Å². The molecule has 0 amide bonds. The van der Waals surface area contributed by atoms with Crippen molar-refractivity contribution in [3.63, 3.8) is 0 Å². The zero-order valence-corrected chi connectivity index (χ0v) is 59.5. The first kappa shape index (κ1) is 87.1. The lowest BCUT2D eigenvalue weighted by Crippen LogP contribution is -2.30. The Morgan fingerprint density at radius 3 is 0.854 bits per heavy atom. The third-order valence-electron chi connectivity index (χ3n) is 16.6. The summed E-state index contributed by atoms with van der Waals surface area (Å²) in [6.07, 6.45) is 47.1. The fourth-order valence-electron chi connectivity index (χ4n) is 10.6. The first-order valence-electron chi connectivity index (χ1n) is 36.5. The van der Waals surface area contributed by atoms with Gasteiger partial charge in [0.05, 0.1) is 26.4 Å². The molecule has 0 heterocycles. The number of unbranched alkanes of at least 4 members (excludes halogenated alkanes) is 38. The van der Waals surface area contributed by atoms with Crippen LogP contribution in [0.15, 0.2) is 0 Å². The Balaban J connectivity index is 5.21. The molecule has 0 saturated carbocycles. The van der Waals surface area contributed by atoms with E-state index in [1.165, 1.54) is 167 Å². The number of phosphoric acid groups is 2. The normalized spacial score (nSPS) is 14.4. The summed E-state index contributed by atoms with van der Waals surface area (Å²) in [7, 11) is -9.90. The minimum absolute atomic E-state index is 0.107. The van der Waals surface area contributed by atoms with Crippen LogP contribution in [0, 0.1) is 11.8 Å². The van der Waals surface area contributed by atoms with E-state index < -0.39 is 97.5 Å². The van der Waals surface area contributed by atoms with Gasteiger partial charge in [0, 0.05) is 25.7 Å². The Bertz CT molecular complexity index is 1740. The maximum absolute atomic E-state index is 13.0. The number of phosphoric ester groups is 2. The van der Waals surface area contributed by atoms with Crippen LogP contribution in [0.4, 0.5) is 0 Å². The molecular weight excluding hydrogens is 1170 g/mol. The first-order chi connectivity index (χ1) is 42.9. The highest BCUT2D eigenvalue weighted by Gasteiger charge is 2.30. The van der Waals surface area contributed by atoms with Crippen LogP contribution in [0.5, 0.6) is 0 Å². The Morgan fingerprint density at radius 1 is 0.326 bits per heavy atom. The largest absolute Gasteiger partial charge is 0.472 e. The number of rotatable bonds is 69. The maximum Gasteiger partial charge on any atom is 0.472 e. The van der Waals surface area contributed by atoms with Gasteiger partial charge in [-0.05, 0) is 37.5 Å². The fourth-order valence-corrected chi connectivity index (χ4v) is 12.1. The van der Waals surface area contributed by atoms with Crippen LogP contribution < -0.4 is 0 Å². The van der Waals surface area contributed by atoms with Crippen LogP contribution in [0.2, 0.25) is 0 Å². The van der Waals surface area contributed by atoms with Crippen molar-refractivity contribution in [1.29, 1.82) is 0 Å². The Kier molecular flexibility index (Phi) is 60.8. The van der Waals surface area contributed by atoms with Gasteiger partial charge in [-0.2, -0.15) is 0 Å². The van der Waals surface area contributed by atoms with Gasteiger partial charge >= 0.3 is 39.5 Å². The number of hydrogen-bond acceptors (Lipinski definition) is 15. The summed E-state index contributed by atoms with van der Waals surface area (Å²) < 4.78 is 68.2. The van der Waals surface area contributed by atoms with Gasteiger partial charge in [0.2, 0.25) is 0 Å². The molecule has 0 aromatic rings. The van der Waals surface area contributed by atoms with Crippen molar-refractivity contribution in [2.75, 3.05) is 39.6 Å². The van der Waals surface area contributed by atoms with Crippen molar-refractivity contribution in [2.24, 2.45) is 11.8 Å². The fraction of sp³-hybridized carbons (Fsp3) is 0.943. The topological polar surface area (TPSA) is 237 Å². The molecular formula is C70H136O17P2. The van der Waals surface area contributed by atoms with E-state index in [1.54, 1.807) is 0 Å². The predicted octanol–water partition coefficient (Wildman–Crippen LogP) is 20.0. The molecule has 0 aliphatic carbocycles. The van der Waals surface area contributed by atoms with Crippen molar-refractivity contribution >= 4 is 39.5 Å². The molecule has 0 bridgehead atoms.